The average molecular weight is 476 g/mol. The summed E-state index contributed by atoms with van der Waals surface area (Å²) in [5, 5.41) is 2.66. The molecule has 0 aromatic heterocycles. The molecule has 0 spiro atoms. The summed E-state index contributed by atoms with van der Waals surface area (Å²) < 4.78 is 5.71. The maximum Gasteiger partial charge on any atom is 0.276 e. The van der Waals surface area contributed by atoms with Gasteiger partial charge in [-0.2, -0.15) is 0 Å². The largest absolute Gasteiger partial charge is 0.483 e. The molecule has 0 aliphatic carbocycles. The third-order valence-corrected chi connectivity index (χ3v) is 5.71. The monoisotopic (exact) mass is 475 g/mol. The van der Waals surface area contributed by atoms with Crippen molar-refractivity contribution in [3.8, 4) is 5.75 Å². The van der Waals surface area contributed by atoms with E-state index in [-0.39, 0.29) is 17.6 Å². The van der Waals surface area contributed by atoms with Crippen molar-refractivity contribution < 1.29 is 14.3 Å². The van der Waals surface area contributed by atoms with E-state index in [2.05, 4.69) is 30.0 Å². The van der Waals surface area contributed by atoms with E-state index in [1.807, 2.05) is 84.9 Å². The van der Waals surface area contributed by atoms with Crippen LogP contribution >= 0.6 is 12.2 Å². The van der Waals surface area contributed by atoms with Crippen molar-refractivity contribution in [3.63, 3.8) is 0 Å². The number of nitrogens with one attached hydrogen (secondary N) is 3. The molecule has 0 heterocycles. The van der Waals surface area contributed by atoms with E-state index in [0.717, 1.165) is 23.1 Å². The highest BCUT2D eigenvalue weighted by molar-refractivity contribution is 7.80. The first kappa shape index (κ1) is 24.9. The molecule has 0 saturated heterocycles. The van der Waals surface area contributed by atoms with Gasteiger partial charge in [0.2, 0.25) is 5.91 Å². The molecule has 3 aromatic rings. The van der Waals surface area contributed by atoms with Gasteiger partial charge in [0.15, 0.2) is 11.7 Å². The summed E-state index contributed by atoms with van der Waals surface area (Å²) >= 11 is 5.22. The van der Waals surface area contributed by atoms with E-state index in [1.165, 1.54) is 0 Å². The first-order valence-electron chi connectivity index (χ1n) is 11.2. The third kappa shape index (κ3) is 6.89. The van der Waals surface area contributed by atoms with E-state index in [1.54, 1.807) is 0 Å². The number of carbonyl (C=O) groups is 2. The van der Waals surface area contributed by atoms with Gasteiger partial charge in [0.05, 0.1) is 5.92 Å². The molecule has 3 rings (SSSR count). The quantitative estimate of drug-likeness (QED) is 0.332. The lowest BCUT2D eigenvalue weighted by Crippen LogP contribution is -2.50. The predicted molar refractivity (Wildman–Crippen MR) is 137 cm³/mol. The molecule has 0 fully saturated rings. The molecule has 176 valence electrons. The Morgan fingerprint density at radius 2 is 1.41 bits per heavy atom. The van der Waals surface area contributed by atoms with Crippen molar-refractivity contribution in [1.82, 2.24) is 16.2 Å². The second-order valence-electron chi connectivity index (χ2n) is 7.88. The number of benzene rings is 3. The Hall–Kier alpha value is -3.71. The maximum atomic E-state index is 13.1. The molecular formula is C27H29N3O3S. The minimum absolute atomic E-state index is 0.00443. The zero-order chi connectivity index (χ0) is 24.3. The molecular weight excluding hydrogens is 446 g/mol. The van der Waals surface area contributed by atoms with Crippen LogP contribution in [0.25, 0.3) is 0 Å². The van der Waals surface area contributed by atoms with Crippen LogP contribution in [0.3, 0.4) is 0 Å². The molecule has 1 atom stereocenters. The molecule has 3 N–H and O–H groups in total. The highest BCUT2D eigenvalue weighted by Crippen LogP contribution is 2.28. The van der Waals surface area contributed by atoms with Gasteiger partial charge in [0.25, 0.3) is 5.91 Å². The second-order valence-corrected chi connectivity index (χ2v) is 8.29. The molecule has 0 aliphatic heterocycles. The summed E-state index contributed by atoms with van der Waals surface area (Å²) in [6.45, 7) is 4.03. The first-order chi connectivity index (χ1) is 16.5. The van der Waals surface area contributed by atoms with E-state index in [9.17, 15) is 9.59 Å². The van der Waals surface area contributed by atoms with Crippen LogP contribution in [-0.4, -0.2) is 23.5 Å². The standard InChI is InChI=1S/C27H29N3O3S/c1-3-19(2)22-16-10-11-17-23(22)33-18-24(31)29-30-27(34)28-26(32)25(20-12-6-4-7-13-20)21-14-8-5-9-15-21/h4-17,19,25H,3,18H2,1-2H3,(H,29,31)(H2,28,30,32,34). The smallest absolute Gasteiger partial charge is 0.276 e. The molecule has 0 radical (unpaired) electrons. The zero-order valence-electron chi connectivity index (χ0n) is 19.3. The molecule has 0 bridgehead atoms. The van der Waals surface area contributed by atoms with E-state index in [0.29, 0.717) is 11.7 Å². The summed E-state index contributed by atoms with van der Waals surface area (Å²) in [4.78, 5) is 25.3. The lowest BCUT2D eigenvalue weighted by atomic mass is 9.90. The van der Waals surface area contributed by atoms with Gasteiger partial charge in [-0.3, -0.25) is 20.4 Å². The van der Waals surface area contributed by atoms with Gasteiger partial charge in [-0.05, 0) is 47.3 Å². The Kier molecular flexibility index (Phi) is 9.17. The fraction of sp³-hybridized carbons (Fsp3) is 0.222. The van der Waals surface area contributed by atoms with Crippen molar-refractivity contribution in [3.05, 3.63) is 102 Å². The summed E-state index contributed by atoms with van der Waals surface area (Å²) in [6.07, 6.45) is 0.967. The van der Waals surface area contributed by atoms with Gasteiger partial charge in [-0.1, -0.05) is 92.7 Å². The van der Waals surface area contributed by atoms with Crippen LogP contribution < -0.4 is 20.9 Å². The summed E-state index contributed by atoms with van der Waals surface area (Å²) in [5.74, 6) is -0.266. The number of ether oxygens (including phenoxy) is 1. The normalized spacial score (nSPS) is 11.4. The SMILES string of the molecule is CCC(C)c1ccccc1OCC(=O)NNC(=S)NC(=O)C(c1ccccc1)c1ccccc1. The fourth-order valence-electron chi connectivity index (χ4n) is 3.55. The number of thiocarbonyl (C=S) groups is 1. The number of amides is 2. The molecule has 7 heteroatoms. The van der Waals surface area contributed by atoms with Gasteiger partial charge >= 0.3 is 0 Å². The van der Waals surface area contributed by atoms with Crippen LogP contribution in [0.15, 0.2) is 84.9 Å². The third-order valence-electron chi connectivity index (χ3n) is 5.50. The lowest BCUT2D eigenvalue weighted by molar-refractivity contribution is -0.124. The maximum absolute atomic E-state index is 13.1. The number of carbonyl (C=O) groups excluding carboxylic acids is 2. The Morgan fingerprint density at radius 3 is 2.00 bits per heavy atom. The minimum atomic E-state index is -0.543. The van der Waals surface area contributed by atoms with Gasteiger partial charge in [-0.25, -0.2) is 0 Å². The number of hydrazine groups is 1. The summed E-state index contributed by atoms with van der Waals surface area (Å²) in [5.41, 5.74) is 7.78. The number of rotatable bonds is 8. The van der Waals surface area contributed by atoms with Crippen molar-refractivity contribution in [1.29, 1.82) is 0 Å². The molecule has 34 heavy (non-hydrogen) atoms. The topological polar surface area (TPSA) is 79.5 Å². The highest BCUT2D eigenvalue weighted by Gasteiger charge is 2.23. The number of hydrogen-bond acceptors (Lipinski definition) is 4. The van der Waals surface area contributed by atoms with Crippen LogP contribution in [0.1, 0.15) is 48.8 Å². The lowest BCUT2D eigenvalue weighted by Gasteiger charge is -2.19. The predicted octanol–water partition coefficient (Wildman–Crippen LogP) is 4.43. The van der Waals surface area contributed by atoms with E-state index >= 15 is 0 Å². The van der Waals surface area contributed by atoms with Crippen molar-refractivity contribution in [2.24, 2.45) is 0 Å². The Labute approximate surface area is 205 Å². The Morgan fingerprint density at radius 1 is 0.853 bits per heavy atom. The van der Waals surface area contributed by atoms with Crippen LogP contribution in [-0.2, 0) is 9.59 Å². The molecule has 2 amide bonds. The van der Waals surface area contributed by atoms with Gasteiger partial charge < -0.3 is 10.1 Å². The van der Waals surface area contributed by atoms with Crippen molar-refractivity contribution in [2.75, 3.05) is 6.61 Å². The first-order valence-corrected chi connectivity index (χ1v) is 11.6. The molecule has 3 aromatic carbocycles. The average Bonchev–Trinajstić information content (AvgIpc) is 2.87. The number of para-hydroxylation sites is 1. The van der Waals surface area contributed by atoms with E-state index in [4.69, 9.17) is 17.0 Å². The van der Waals surface area contributed by atoms with Gasteiger partial charge in [0.1, 0.15) is 5.75 Å². The van der Waals surface area contributed by atoms with Gasteiger partial charge in [0, 0.05) is 0 Å². The van der Waals surface area contributed by atoms with E-state index < -0.39 is 11.8 Å². The highest BCUT2D eigenvalue weighted by atomic mass is 32.1. The summed E-state index contributed by atoms with van der Waals surface area (Å²) in [7, 11) is 0. The van der Waals surface area contributed by atoms with Crippen molar-refractivity contribution in [2.45, 2.75) is 32.1 Å². The number of hydrogen-bond donors (Lipinski definition) is 3. The minimum Gasteiger partial charge on any atom is -0.483 e. The van der Waals surface area contributed by atoms with Crippen molar-refractivity contribution >= 4 is 29.1 Å². The molecule has 1 unspecified atom stereocenters. The fourth-order valence-corrected chi connectivity index (χ4v) is 3.70. The van der Waals surface area contributed by atoms with Crippen LogP contribution in [0.5, 0.6) is 5.75 Å². The Bertz CT molecular complexity index is 1070. The van der Waals surface area contributed by atoms with Crippen LogP contribution in [0.2, 0.25) is 0 Å². The van der Waals surface area contributed by atoms with Crippen LogP contribution in [0.4, 0.5) is 0 Å². The molecule has 0 saturated carbocycles. The zero-order valence-corrected chi connectivity index (χ0v) is 20.1. The molecule has 0 aliphatic rings. The van der Waals surface area contributed by atoms with Crippen LogP contribution in [0, 0.1) is 0 Å². The van der Waals surface area contributed by atoms with Gasteiger partial charge in [-0.15, -0.1) is 0 Å². The second kappa shape index (κ2) is 12.5. The molecule has 6 nitrogen and oxygen atoms in total. The Balaban J connectivity index is 1.55. The summed E-state index contributed by atoms with van der Waals surface area (Å²) in [6, 6.07) is 26.6.